The van der Waals surface area contributed by atoms with Gasteiger partial charge in [-0.15, -0.1) is 0 Å². The van der Waals surface area contributed by atoms with Gasteiger partial charge in [-0.05, 0) is 18.1 Å². The molecule has 19 heavy (non-hydrogen) atoms. The average molecular weight is 284 g/mol. The molecule has 0 aliphatic carbocycles. The topological polar surface area (TPSA) is 81.4 Å². The zero-order chi connectivity index (χ0) is 13.9. The van der Waals surface area contributed by atoms with Gasteiger partial charge >= 0.3 is 0 Å². The van der Waals surface area contributed by atoms with Crippen LogP contribution >= 0.6 is 0 Å². The van der Waals surface area contributed by atoms with E-state index in [1.807, 2.05) is 31.2 Å². The van der Waals surface area contributed by atoms with Crippen molar-refractivity contribution in [2.45, 2.75) is 31.1 Å². The number of hydrogen-bond donors (Lipinski definition) is 2. The second kappa shape index (κ2) is 5.90. The Morgan fingerprint density at radius 1 is 1.47 bits per heavy atom. The number of nitrogens with one attached hydrogen (secondary N) is 1. The number of sulfonamides is 1. The van der Waals surface area contributed by atoms with Crippen molar-refractivity contribution in [3.8, 4) is 5.75 Å². The first-order chi connectivity index (χ1) is 9.06. The highest BCUT2D eigenvalue weighted by atomic mass is 32.2. The molecule has 106 valence electrons. The molecule has 2 unspecified atom stereocenters. The second-order valence-electron chi connectivity index (χ2n) is 4.71. The number of rotatable bonds is 6. The van der Waals surface area contributed by atoms with Crippen molar-refractivity contribution in [1.29, 1.82) is 0 Å². The molecule has 0 amide bonds. The first-order valence-corrected chi connectivity index (χ1v) is 8.04. The van der Waals surface area contributed by atoms with Gasteiger partial charge in [-0.3, -0.25) is 0 Å². The van der Waals surface area contributed by atoms with Crippen LogP contribution in [0, 0.1) is 0 Å². The molecule has 3 N–H and O–H groups in total. The fourth-order valence-corrected chi connectivity index (χ4v) is 3.55. The molecule has 0 fully saturated rings. The molecule has 0 saturated carbocycles. The maximum atomic E-state index is 12.0. The Balaban J connectivity index is 1.92. The van der Waals surface area contributed by atoms with E-state index in [1.165, 1.54) is 0 Å². The van der Waals surface area contributed by atoms with Gasteiger partial charge in [0.25, 0.3) is 0 Å². The van der Waals surface area contributed by atoms with Crippen molar-refractivity contribution in [3.63, 3.8) is 0 Å². The van der Waals surface area contributed by atoms with Crippen LogP contribution in [-0.4, -0.2) is 32.9 Å². The Morgan fingerprint density at radius 2 is 2.21 bits per heavy atom. The third-order valence-corrected chi connectivity index (χ3v) is 5.36. The van der Waals surface area contributed by atoms with Gasteiger partial charge in [0.2, 0.25) is 10.0 Å². The summed E-state index contributed by atoms with van der Waals surface area (Å²) in [4.78, 5) is 0. The molecule has 2 rings (SSSR count). The SMILES string of the molecule is CCC(CN)S(=O)(=O)NCC1Cc2ccccc2O1. The number of ether oxygens (including phenoxy) is 1. The molecular weight excluding hydrogens is 264 g/mol. The third kappa shape index (κ3) is 3.26. The molecule has 2 atom stereocenters. The lowest BCUT2D eigenvalue weighted by molar-refractivity contribution is 0.236. The second-order valence-corrected chi connectivity index (χ2v) is 6.76. The number of benzene rings is 1. The van der Waals surface area contributed by atoms with E-state index < -0.39 is 15.3 Å². The lowest BCUT2D eigenvalue weighted by Gasteiger charge is -2.17. The first-order valence-electron chi connectivity index (χ1n) is 6.50. The average Bonchev–Trinajstić information content (AvgIpc) is 2.80. The van der Waals surface area contributed by atoms with Gasteiger partial charge in [0, 0.05) is 19.5 Å². The molecule has 0 saturated heterocycles. The smallest absolute Gasteiger partial charge is 0.215 e. The largest absolute Gasteiger partial charge is 0.488 e. The molecular formula is C13H20N2O3S. The third-order valence-electron chi connectivity index (χ3n) is 3.38. The van der Waals surface area contributed by atoms with Crippen LogP contribution in [0.2, 0.25) is 0 Å². The zero-order valence-corrected chi connectivity index (χ0v) is 11.8. The monoisotopic (exact) mass is 284 g/mol. The summed E-state index contributed by atoms with van der Waals surface area (Å²) in [5.74, 6) is 0.845. The standard InChI is InChI=1S/C13H20N2O3S/c1-2-12(8-14)19(16,17)15-9-11-7-10-5-3-4-6-13(10)18-11/h3-6,11-12,15H,2,7-9,14H2,1H3. The van der Waals surface area contributed by atoms with Gasteiger partial charge in [-0.2, -0.15) is 0 Å². The Kier molecular flexibility index (Phi) is 4.44. The van der Waals surface area contributed by atoms with E-state index in [2.05, 4.69) is 4.72 Å². The number of fused-ring (bicyclic) bond motifs is 1. The Labute approximate surface area is 114 Å². The maximum absolute atomic E-state index is 12.0. The van der Waals surface area contributed by atoms with Gasteiger partial charge in [0.05, 0.1) is 5.25 Å². The summed E-state index contributed by atoms with van der Waals surface area (Å²) in [5.41, 5.74) is 6.59. The zero-order valence-electron chi connectivity index (χ0n) is 11.0. The lowest BCUT2D eigenvalue weighted by atomic mass is 10.1. The highest BCUT2D eigenvalue weighted by molar-refractivity contribution is 7.90. The molecule has 5 nitrogen and oxygen atoms in total. The van der Waals surface area contributed by atoms with Crippen molar-refractivity contribution < 1.29 is 13.2 Å². The van der Waals surface area contributed by atoms with Crippen LogP contribution in [0.5, 0.6) is 5.75 Å². The fourth-order valence-electron chi connectivity index (χ4n) is 2.21. The first kappa shape index (κ1) is 14.3. The predicted molar refractivity (Wildman–Crippen MR) is 74.6 cm³/mol. The van der Waals surface area contributed by atoms with Crippen LogP contribution in [0.25, 0.3) is 0 Å². The Morgan fingerprint density at radius 3 is 2.84 bits per heavy atom. The van der Waals surface area contributed by atoms with E-state index in [9.17, 15) is 8.42 Å². The normalized spacial score (nSPS) is 19.8. The molecule has 0 bridgehead atoms. The highest BCUT2D eigenvalue weighted by Crippen LogP contribution is 2.27. The summed E-state index contributed by atoms with van der Waals surface area (Å²) in [5, 5.41) is -0.531. The van der Waals surface area contributed by atoms with Crippen molar-refractivity contribution >= 4 is 10.0 Å². The van der Waals surface area contributed by atoms with Crippen molar-refractivity contribution in [2.24, 2.45) is 5.73 Å². The molecule has 1 aliphatic rings. The summed E-state index contributed by atoms with van der Waals surface area (Å²) in [6.07, 6.45) is 1.11. The summed E-state index contributed by atoms with van der Waals surface area (Å²) >= 11 is 0. The van der Waals surface area contributed by atoms with Gasteiger partial charge in [0.1, 0.15) is 11.9 Å². The van der Waals surface area contributed by atoms with Crippen LogP contribution in [-0.2, 0) is 16.4 Å². The van der Waals surface area contributed by atoms with Gasteiger partial charge in [-0.25, -0.2) is 13.1 Å². The van der Waals surface area contributed by atoms with E-state index in [0.29, 0.717) is 6.42 Å². The molecule has 1 heterocycles. The Hall–Kier alpha value is -1.11. The van der Waals surface area contributed by atoms with E-state index >= 15 is 0 Å². The molecule has 0 aromatic heterocycles. The van der Waals surface area contributed by atoms with Crippen LogP contribution in [0.4, 0.5) is 0 Å². The minimum absolute atomic E-state index is 0.136. The molecule has 0 spiro atoms. The predicted octanol–water partition coefficient (Wildman–Crippen LogP) is 0.647. The molecule has 1 aliphatic heterocycles. The highest BCUT2D eigenvalue weighted by Gasteiger charge is 2.27. The minimum atomic E-state index is -3.35. The molecule has 1 aromatic carbocycles. The summed E-state index contributed by atoms with van der Waals surface area (Å²) in [6.45, 7) is 2.24. The van der Waals surface area contributed by atoms with Crippen LogP contribution in [0.15, 0.2) is 24.3 Å². The van der Waals surface area contributed by atoms with Crippen molar-refractivity contribution in [3.05, 3.63) is 29.8 Å². The van der Waals surface area contributed by atoms with E-state index in [1.54, 1.807) is 0 Å². The molecule has 0 radical (unpaired) electrons. The van der Waals surface area contributed by atoms with Gasteiger partial charge < -0.3 is 10.5 Å². The number of para-hydroxylation sites is 1. The maximum Gasteiger partial charge on any atom is 0.215 e. The molecule has 1 aromatic rings. The molecule has 6 heteroatoms. The van der Waals surface area contributed by atoms with Gasteiger partial charge in [0.15, 0.2) is 0 Å². The Bertz CT molecular complexity index is 501. The van der Waals surface area contributed by atoms with Crippen LogP contribution < -0.4 is 15.2 Å². The summed E-state index contributed by atoms with van der Waals surface area (Å²) in [6, 6.07) is 7.76. The van der Waals surface area contributed by atoms with Crippen LogP contribution in [0.1, 0.15) is 18.9 Å². The van der Waals surface area contributed by atoms with Crippen molar-refractivity contribution in [2.75, 3.05) is 13.1 Å². The van der Waals surface area contributed by atoms with E-state index in [0.717, 1.165) is 17.7 Å². The number of hydrogen-bond acceptors (Lipinski definition) is 4. The quantitative estimate of drug-likeness (QED) is 0.803. The van der Waals surface area contributed by atoms with E-state index in [-0.39, 0.29) is 19.2 Å². The summed E-state index contributed by atoms with van der Waals surface area (Å²) < 4.78 is 32.2. The van der Waals surface area contributed by atoms with E-state index in [4.69, 9.17) is 10.5 Å². The van der Waals surface area contributed by atoms with Crippen molar-refractivity contribution in [1.82, 2.24) is 4.72 Å². The lowest BCUT2D eigenvalue weighted by Crippen LogP contribution is -2.42. The fraction of sp³-hybridized carbons (Fsp3) is 0.538. The van der Waals surface area contributed by atoms with Crippen LogP contribution in [0.3, 0.4) is 0 Å². The minimum Gasteiger partial charge on any atom is -0.488 e. The summed E-state index contributed by atoms with van der Waals surface area (Å²) in [7, 11) is -3.35. The van der Waals surface area contributed by atoms with Gasteiger partial charge in [-0.1, -0.05) is 25.1 Å². The number of nitrogens with two attached hydrogens (primary N) is 1.